The van der Waals surface area contributed by atoms with Crippen LogP contribution in [0.4, 0.5) is 0 Å². The van der Waals surface area contributed by atoms with Crippen LogP contribution in [0.2, 0.25) is 0 Å². The molecule has 0 N–H and O–H groups in total. The highest BCUT2D eigenvalue weighted by atomic mass is 32.2. The Labute approximate surface area is 193 Å². The minimum Gasteiger partial charge on any atom is -0.291 e. The van der Waals surface area contributed by atoms with Crippen molar-refractivity contribution in [2.45, 2.75) is 49.3 Å². The third kappa shape index (κ3) is 2.77. The maximum absolute atomic E-state index is 3.78. The summed E-state index contributed by atoms with van der Waals surface area (Å²) in [4.78, 5) is 2.60. The number of benzene rings is 4. The van der Waals surface area contributed by atoms with E-state index in [9.17, 15) is 0 Å². The van der Waals surface area contributed by atoms with Crippen LogP contribution in [0.25, 0.3) is 33.2 Å². The predicted molar refractivity (Wildman–Crippen MR) is 133 cm³/mol. The van der Waals surface area contributed by atoms with Gasteiger partial charge in [0, 0.05) is 9.79 Å². The van der Waals surface area contributed by atoms with Crippen molar-refractivity contribution in [3.05, 3.63) is 90.3 Å². The first kappa shape index (κ1) is 19.6. The molecule has 0 radical (unpaired) electrons. The van der Waals surface area contributed by atoms with E-state index in [2.05, 4.69) is 116 Å². The van der Waals surface area contributed by atoms with E-state index < -0.39 is 0 Å². The molecule has 158 valence electrons. The topological polar surface area (TPSA) is 8.81 Å². The number of hydrogen-bond donors (Lipinski definition) is 0. The van der Waals surface area contributed by atoms with Gasteiger partial charge in [-0.3, -0.25) is 9.13 Å². The molecule has 0 spiro atoms. The van der Waals surface area contributed by atoms with Crippen LogP contribution in [0, 0.1) is 6.33 Å². The van der Waals surface area contributed by atoms with Crippen molar-refractivity contribution in [3.8, 4) is 11.4 Å². The molecule has 0 aliphatic carbocycles. The molecule has 2 heterocycles. The van der Waals surface area contributed by atoms with Crippen molar-refractivity contribution in [1.29, 1.82) is 0 Å². The fourth-order valence-electron chi connectivity index (χ4n) is 4.94. The number of aromatic nitrogens is 2. The van der Waals surface area contributed by atoms with Gasteiger partial charge in [-0.2, -0.15) is 0 Å². The van der Waals surface area contributed by atoms with Gasteiger partial charge in [0.25, 0.3) is 6.33 Å². The van der Waals surface area contributed by atoms with Gasteiger partial charge in [-0.15, -0.1) is 0 Å². The van der Waals surface area contributed by atoms with Crippen LogP contribution in [-0.4, -0.2) is 4.57 Å². The summed E-state index contributed by atoms with van der Waals surface area (Å²) in [5, 5.41) is 2.58. The molecular weight excluding hydrogens is 408 g/mol. The number of nitrogens with zero attached hydrogens (tertiary/aromatic N) is 2. The molecule has 32 heavy (non-hydrogen) atoms. The van der Waals surface area contributed by atoms with Gasteiger partial charge in [0.2, 0.25) is 0 Å². The third-order valence-corrected chi connectivity index (χ3v) is 7.70. The van der Waals surface area contributed by atoms with Crippen LogP contribution in [0.3, 0.4) is 0 Å². The van der Waals surface area contributed by atoms with Crippen molar-refractivity contribution in [2.75, 3.05) is 0 Å². The molecule has 0 unspecified atom stereocenters. The van der Waals surface area contributed by atoms with E-state index in [0.717, 1.165) is 0 Å². The van der Waals surface area contributed by atoms with Gasteiger partial charge < -0.3 is 0 Å². The van der Waals surface area contributed by atoms with E-state index >= 15 is 0 Å². The predicted octanol–water partition coefficient (Wildman–Crippen LogP) is 7.57. The van der Waals surface area contributed by atoms with Crippen LogP contribution < -0.4 is 4.57 Å². The zero-order chi connectivity index (χ0) is 22.0. The van der Waals surface area contributed by atoms with E-state index in [-0.39, 0.29) is 0 Å². The Morgan fingerprint density at radius 1 is 0.781 bits per heavy atom. The molecule has 3 heteroatoms. The molecule has 1 aromatic heterocycles. The Morgan fingerprint density at radius 3 is 2.25 bits per heavy atom. The van der Waals surface area contributed by atoms with Crippen molar-refractivity contribution in [3.63, 3.8) is 0 Å². The first-order chi connectivity index (χ1) is 15.5. The van der Waals surface area contributed by atoms with E-state index in [1.165, 1.54) is 54.1 Å². The molecule has 2 nitrogen and oxygen atoms in total. The number of fused-ring (bicyclic) bond motifs is 4. The first-order valence-electron chi connectivity index (χ1n) is 11.4. The summed E-state index contributed by atoms with van der Waals surface area (Å²) in [5.41, 5.74) is 7.69. The highest BCUT2D eigenvalue weighted by Crippen LogP contribution is 2.43. The van der Waals surface area contributed by atoms with Crippen LogP contribution in [-0.2, 0) is 0 Å². The summed E-state index contributed by atoms with van der Waals surface area (Å²) in [6.07, 6.45) is 3.78. The molecule has 4 aromatic carbocycles. The number of hydrogen-bond acceptors (Lipinski definition) is 1. The standard InChI is InChI=1S/C29H26N2S/c1-18(2)21-11-7-12-22(19(3)4)27(21)30-17-31-25-16-15-20-9-5-6-10-23(20)29(25)32-26-14-8-13-24(30)28(26)31/h5-16,18-19H,1-4H3. The van der Waals surface area contributed by atoms with Gasteiger partial charge in [-0.05, 0) is 39.8 Å². The van der Waals surface area contributed by atoms with Crippen LogP contribution in [0.5, 0.6) is 0 Å². The average Bonchev–Trinajstić information content (AvgIpc) is 3.19. The van der Waals surface area contributed by atoms with Gasteiger partial charge in [-0.25, -0.2) is 0 Å². The fraction of sp³-hybridized carbons (Fsp3) is 0.207. The minimum atomic E-state index is 0.432. The van der Waals surface area contributed by atoms with Crippen molar-refractivity contribution in [1.82, 2.24) is 4.57 Å². The molecule has 0 saturated heterocycles. The monoisotopic (exact) mass is 434 g/mol. The lowest BCUT2D eigenvalue weighted by Gasteiger charge is -2.20. The smallest absolute Gasteiger partial charge is 0.269 e. The second-order valence-corrected chi connectivity index (χ2v) is 10.3. The Kier molecular flexibility index (Phi) is 4.44. The van der Waals surface area contributed by atoms with Crippen LogP contribution in [0.1, 0.15) is 50.7 Å². The van der Waals surface area contributed by atoms with Crippen LogP contribution in [0.15, 0.2) is 82.6 Å². The zero-order valence-electron chi connectivity index (χ0n) is 18.9. The molecule has 6 rings (SSSR count). The summed E-state index contributed by atoms with van der Waals surface area (Å²) in [7, 11) is 0. The molecule has 0 saturated carbocycles. The first-order valence-corrected chi connectivity index (χ1v) is 12.2. The summed E-state index contributed by atoms with van der Waals surface area (Å²) in [5.74, 6) is 0.865. The summed E-state index contributed by atoms with van der Waals surface area (Å²) < 4.78 is 4.60. The molecule has 5 aromatic rings. The van der Waals surface area contributed by atoms with Crippen LogP contribution >= 0.6 is 11.8 Å². The van der Waals surface area contributed by atoms with Gasteiger partial charge in [0.1, 0.15) is 0 Å². The minimum absolute atomic E-state index is 0.432. The Bertz CT molecular complexity index is 1480. The van der Waals surface area contributed by atoms with Gasteiger partial charge in [0.05, 0.1) is 22.4 Å². The fourth-order valence-corrected chi connectivity index (χ4v) is 6.16. The summed E-state index contributed by atoms with van der Waals surface area (Å²) in [6, 6.07) is 26.6. The highest BCUT2D eigenvalue weighted by Gasteiger charge is 2.26. The van der Waals surface area contributed by atoms with E-state index in [1.54, 1.807) is 0 Å². The second-order valence-electron chi connectivity index (χ2n) is 9.23. The molecule has 0 amide bonds. The van der Waals surface area contributed by atoms with Crippen molar-refractivity contribution >= 4 is 33.6 Å². The van der Waals surface area contributed by atoms with E-state index in [0.29, 0.717) is 11.8 Å². The normalized spacial score (nSPS) is 12.8. The Hall–Kier alpha value is -3.04. The SMILES string of the molecule is CC(C)c1cccc(C(C)C)c1-n1[c-][n+]2c3c(cccc31)Sc1c-2ccc2ccccc12. The summed E-state index contributed by atoms with van der Waals surface area (Å²) in [6.45, 7) is 9.12. The summed E-state index contributed by atoms with van der Waals surface area (Å²) >= 11 is 1.88. The third-order valence-electron chi connectivity index (χ3n) is 6.52. The van der Waals surface area contributed by atoms with Gasteiger partial charge in [-0.1, -0.05) is 106 Å². The largest absolute Gasteiger partial charge is 0.291 e. The van der Waals surface area contributed by atoms with Crippen molar-refractivity contribution in [2.24, 2.45) is 0 Å². The lowest BCUT2D eigenvalue weighted by Crippen LogP contribution is -2.32. The molecule has 1 aliphatic heterocycles. The number of rotatable bonds is 3. The molecule has 0 bridgehead atoms. The maximum atomic E-state index is 3.78. The quantitative estimate of drug-likeness (QED) is 0.206. The zero-order valence-corrected chi connectivity index (χ0v) is 19.7. The Balaban J connectivity index is 1.71. The van der Waals surface area contributed by atoms with Gasteiger partial charge in [0.15, 0.2) is 0 Å². The maximum Gasteiger partial charge on any atom is 0.269 e. The van der Waals surface area contributed by atoms with Gasteiger partial charge >= 0.3 is 0 Å². The lowest BCUT2D eigenvalue weighted by molar-refractivity contribution is -0.576. The molecule has 0 atom stereocenters. The second kappa shape index (κ2) is 7.25. The van der Waals surface area contributed by atoms with E-state index in [1.807, 2.05) is 11.8 Å². The highest BCUT2D eigenvalue weighted by molar-refractivity contribution is 8.00. The molecule has 0 fully saturated rings. The Morgan fingerprint density at radius 2 is 1.50 bits per heavy atom. The van der Waals surface area contributed by atoms with E-state index in [4.69, 9.17) is 0 Å². The number of para-hydroxylation sites is 2. The lowest BCUT2D eigenvalue weighted by atomic mass is 9.92. The van der Waals surface area contributed by atoms with Crippen molar-refractivity contribution < 1.29 is 4.57 Å². The molecule has 1 aliphatic rings. The number of imidazole rings is 1. The molecular formula is C29H26N2S. The average molecular weight is 435 g/mol.